The van der Waals surface area contributed by atoms with Crippen LogP contribution >= 0.6 is 0 Å². The third-order valence-electron chi connectivity index (χ3n) is 3.02. The van der Waals surface area contributed by atoms with Crippen LogP contribution in [-0.4, -0.2) is 36.8 Å². The van der Waals surface area contributed by atoms with Crippen molar-refractivity contribution in [2.24, 2.45) is 0 Å². The lowest BCUT2D eigenvalue weighted by Crippen LogP contribution is -2.67. The Bertz CT molecular complexity index is 662. The van der Waals surface area contributed by atoms with Crippen molar-refractivity contribution in [1.29, 1.82) is 0 Å². The number of aliphatic carboxylic acids is 1. The molecule has 1 N–H and O–H groups in total. The number of anilines is 1. The zero-order valence-corrected chi connectivity index (χ0v) is 11.7. The van der Waals surface area contributed by atoms with Crippen LogP contribution < -0.4 is 9.04 Å². The highest BCUT2D eigenvalue weighted by Gasteiger charge is 2.60. The number of carbonyl (C=O) groups is 2. The largest absolute Gasteiger partial charge is 0.482 e. The SMILES string of the molecule is CC1(C)C(=O)N(c2ccc(OCC(=O)O)cc2)S1(=O)=O. The first kappa shape index (κ1) is 14.3. The van der Waals surface area contributed by atoms with Crippen molar-refractivity contribution in [2.45, 2.75) is 18.6 Å². The zero-order chi connectivity index (χ0) is 15.1. The number of hydrogen-bond donors (Lipinski definition) is 1. The van der Waals surface area contributed by atoms with Crippen LogP contribution in [0.5, 0.6) is 5.75 Å². The Morgan fingerprint density at radius 2 is 1.85 bits per heavy atom. The van der Waals surface area contributed by atoms with Crippen LogP contribution in [0.1, 0.15) is 13.8 Å². The van der Waals surface area contributed by atoms with Gasteiger partial charge in [0.05, 0.1) is 5.69 Å². The molecule has 1 aromatic rings. The molecule has 0 aliphatic carbocycles. The molecule has 108 valence electrons. The number of rotatable bonds is 4. The number of amides is 1. The second kappa shape index (κ2) is 4.48. The molecule has 0 bridgehead atoms. The Morgan fingerprint density at radius 1 is 1.30 bits per heavy atom. The van der Waals surface area contributed by atoms with E-state index in [2.05, 4.69) is 0 Å². The van der Waals surface area contributed by atoms with Crippen LogP contribution in [0.2, 0.25) is 0 Å². The normalized spacial score (nSPS) is 19.3. The van der Waals surface area contributed by atoms with Crippen LogP contribution in [0.15, 0.2) is 24.3 Å². The van der Waals surface area contributed by atoms with Crippen molar-refractivity contribution in [1.82, 2.24) is 0 Å². The molecule has 7 nitrogen and oxygen atoms in total. The molecule has 20 heavy (non-hydrogen) atoms. The van der Waals surface area contributed by atoms with Gasteiger partial charge in [-0.3, -0.25) is 4.79 Å². The van der Waals surface area contributed by atoms with Gasteiger partial charge in [0, 0.05) is 0 Å². The van der Waals surface area contributed by atoms with Crippen LogP contribution in [0, 0.1) is 0 Å². The van der Waals surface area contributed by atoms with Gasteiger partial charge in [-0.15, -0.1) is 0 Å². The molecule has 0 unspecified atom stereocenters. The molecule has 1 amide bonds. The summed E-state index contributed by atoms with van der Waals surface area (Å²) in [5.74, 6) is -1.34. The number of carboxylic acids is 1. The summed E-state index contributed by atoms with van der Waals surface area (Å²) >= 11 is 0. The number of hydrogen-bond acceptors (Lipinski definition) is 5. The van der Waals surface area contributed by atoms with Gasteiger partial charge in [0.2, 0.25) is 0 Å². The Kier molecular flexibility index (Phi) is 3.21. The van der Waals surface area contributed by atoms with Crippen molar-refractivity contribution < 1.29 is 27.9 Å². The first-order valence-corrected chi connectivity index (χ1v) is 7.16. The Hall–Kier alpha value is -2.09. The van der Waals surface area contributed by atoms with Crippen molar-refractivity contribution in [3.05, 3.63) is 24.3 Å². The molecule has 8 heteroatoms. The minimum atomic E-state index is -3.69. The zero-order valence-electron chi connectivity index (χ0n) is 10.9. The highest BCUT2D eigenvalue weighted by molar-refractivity contribution is 7.98. The summed E-state index contributed by atoms with van der Waals surface area (Å²) in [5.41, 5.74) is 0.206. The van der Waals surface area contributed by atoms with E-state index in [0.717, 1.165) is 4.31 Å². The maximum Gasteiger partial charge on any atom is 0.341 e. The predicted molar refractivity (Wildman–Crippen MR) is 70.1 cm³/mol. The summed E-state index contributed by atoms with van der Waals surface area (Å²) < 4.78 is 28.2. The third-order valence-corrected chi connectivity index (χ3v) is 5.34. The lowest BCUT2D eigenvalue weighted by atomic mass is 10.1. The van der Waals surface area contributed by atoms with Crippen LogP contribution in [-0.2, 0) is 19.6 Å². The summed E-state index contributed by atoms with van der Waals surface area (Å²) in [6.07, 6.45) is 0. The van der Waals surface area contributed by atoms with Gasteiger partial charge in [-0.25, -0.2) is 17.5 Å². The molecular weight excluding hydrogens is 286 g/mol. The van der Waals surface area contributed by atoms with Gasteiger partial charge in [0.1, 0.15) is 5.75 Å². The Balaban J connectivity index is 2.20. The molecule has 1 aromatic carbocycles. The summed E-state index contributed by atoms with van der Waals surface area (Å²) in [7, 11) is -3.69. The number of carbonyl (C=O) groups excluding carboxylic acids is 1. The second-order valence-electron chi connectivity index (χ2n) is 4.76. The average molecular weight is 299 g/mol. The molecule has 0 saturated carbocycles. The number of ether oxygens (including phenoxy) is 1. The van der Waals surface area contributed by atoms with Crippen LogP contribution in [0.3, 0.4) is 0 Å². The Labute approximate surface area is 115 Å². The molecule has 1 aliphatic heterocycles. The van der Waals surface area contributed by atoms with Gasteiger partial charge in [-0.1, -0.05) is 0 Å². The molecule has 0 aromatic heterocycles. The summed E-state index contributed by atoms with van der Waals surface area (Å²) in [4.78, 5) is 22.2. The topological polar surface area (TPSA) is 101 Å². The molecular formula is C12H13NO6S. The van der Waals surface area contributed by atoms with Crippen molar-refractivity contribution in [3.8, 4) is 5.75 Å². The Morgan fingerprint density at radius 3 is 2.30 bits per heavy atom. The van der Waals surface area contributed by atoms with Gasteiger partial charge >= 0.3 is 5.97 Å². The molecule has 1 fully saturated rings. The number of sulfonamides is 1. The fourth-order valence-corrected chi connectivity index (χ4v) is 3.21. The molecule has 1 aliphatic rings. The number of carboxylic acid groups (broad SMARTS) is 1. The first-order chi connectivity index (χ1) is 9.18. The van der Waals surface area contributed by atoms with E-state index >= 15 is 0 Å². The van der Waals surface area contributed by atoms with E-state index < -0.39 is 33.3 Å². The summed E-state index contributed by atoms with van der Waals surface area (Å²) in [5, 5.41) is 8.47. The van der Waals surface area contributed by atoms with Crippen LogP contribution in [0.25, 0.3) is 0 Å². The van der Waals surface area contributed by atoms with Gasteiger partial charge in [-0.05, 0) is 38.1 Å². The fourth-order valence-electron chi connectivity index (χ4n) is 1.73. The molecule has 2 rings (SSSR count). The lowest BCUT2D eigenvalue weighted by molar-refractivity contribution is -0.139. The van der Waals surface area contributed by atoms with E-state index in [1.807, 2.05) is 0 Å². The lowest BCUT2D eigenvalue weighted by Gasteiger charge is -2.42. The highest BCUT2D eigenvalue weighted by Crippen LogP contribution is 2.39. The van der Waals surface area contributed by atoms with E-state index in [0.29, 0.717) is 0 Å². The van der Waals surface area contributed by atoms with E-state index in [1.54, 1.807) is 0 Å². The molecule has 0 radical (unpaired) electrons. The maximum atomic E-state index is 12.0. The molecule has 1 heterocycles. The van der Waals surface area contributed by atoms with E-state index in [1.165, 1.54) is 38.1 Å². The van der Waals surface area contributed by atoms with Gasteiger partial charge in [0.25, 0.3) is 15.9 Å². The van der Waals surface area contributed by atoms with Crippen molar-refractivity contribution in [2.75, 3.05) is 10.9 Å². The van der Waals surface area contributed by atoms with Crippen molar-refractivity contribution >= 4 is 27.6 Å². The first-order valence-electron chi connectivity index (χ1n) is 5.72. The van der Waals surface area contributed by atoms with Crippen molar-refractivity contribution in [3.63, 3.8) is 0 Å². The predicted octanol–water partition coefficient (Wildman–Crippen LogP) is 0.605. The smallest absolute Gasteiger partial charge is 0.341 e. The maximum absolute atomic E-state index is 12.0. The monoisotopic (exact) mass is 299 g/mol. The van der Waals surface area contributed by atoms with E-state index in [-0.39, 0.29) is 11.4 Å². The van der Waals surface area contributed by atoms with E-state index in [9.17, 15) is 18.0 Å². The molecule has 0 atom stereocenters. The number of nitrogens with zero attached hydrogens (tertiary/aromatic N) is 1. The molecule has 0 spiro atoms. The summed E-state index contributed by atoms with van der Waals surface area (Å²) in [6, 6.07) is 5.60. The van der Waals surface area contributed by atoms with Crippen LogP contribution in [0.4, 0.5) is 5.69 Å². The van der Waals surface area contributed by atoms with Gasteiger partial charge in [-0.2, -0.15) is 0 Å². The van der Waals surface area contributed by atoms with Gasteiger partial charge in [0.15, 0.2) is 11.4 Å². The quantitative estimate of drug-likeness (QED) is 0.874. The minimum Gasteiger partial charge on any atom is -0.482 e. The summed E-state index contributed by atoms with van der Waals surface area (Å²) in [6.45, 7) is 2.21. The number of benzene rings is 1. The average Bonchev–Trinajstić information content (AvgIpc) is 2.37. The minimum absolute atomic E-state index is 0.206. The molecule has 1 saturated heterocycles. The standard InChI is InChI=1S/C12H13NO6S/c1-12(2)11(16)13(20(12,17)18)8-3-5-9(6-4-8)19-7-10(14)15/h3-6H,7H2,1-2H3,(H,14,15). The fraction of sp³-hybridized carbons (Fsp3) is 0.333. The second-order valence-corrected chi connectivity index (χ2v) is 7.10. The highest BCUT2D eigenvalue weighted by atomic mass is 32.2. The van der Waals surface area contributed by atoms with E-state index in [4.69, 9.17) is 9.84 Å². The van der Waals surface area contributed by atoms with Gasteiger partial charge < -0.3 is 9.84 Å². The third kappa shape index (κ3) is 2.01.